The monoisotopic (exact) mass is 656 g/mol. The molecule has 0 bridgehead atoms. The smallest absolute Gasteiger partial charge is 0.329 e. The van der Waals surface area contributed by atoms with Crippen molar-refractivity contribution in [2.24, 2.45) is 0 Å². The summed E-state index contributed by atoms with van der Waals surface area (Å²) in [6.07, 6.45) is 1.62. The molecule has 1 aliphatic heterocycles. The summed E-state index contributed by atoms with van der Waals surface area (Å²) in [5.41, 5.74) is 2.51. The lowest BCUT2D eigenvalue weighted by molar-refractivity contribution is -0.123. The van der Waals surface area contributed by atoms with E-state index in [1.807, 2.05) is 19.1 Å². The third-order valence-electron chi connectivity index (χ3n) is 5.23. The van der Waals surface area contributed by atoms with Crippen molar-refractivity contribution in [2.45, 2.75) is 20.1 Å². The molecule has 10 heteroatoms. The number of hydrogen-bond donors (Lipinski definition) is 1. The van der Waals surface area contributed by atoms with Gasteiger partial charge in [0.1, 0.15) is 12.3 Å². The summed E-state index contributed by atoms with van der Waals surface area (Å²) < 4.78 is 12.6. The largest absolute Gasteiger partial charge is 0.490 e. The summed E-state index contributed by atoms with van der Waals surface area (Å²) in [4.78, 5) is 26.6. The maximum absolute atomic E-state index is 12.9. The third kappa shape index (κ3) is 6.26. The van der Waals surface area contributed by atoms with E-state index in [2.05, 4.69) is 27.9 Å². The third-order valence-corrected chi connectivity index (χ3v) is 7.02. The van der Waals surface area contributed by atoms with E-state index in [9.17, 15) is 9.59 Å². The van der Waals surface area contributed by atoms with Crippen LogP contribution in [0.1, 0.15) is 23.6 Å². The molecule has 36 heavy (non-hydrogen) atoms. The van der Waals surface area contributed by atoms with Gasteiger partial charge in [-0.05, 0) is 88.7 Å². The predicted molar refractivity (Wildman–Crippen MR) is 150 cm³/mol. The normalized spacial score (nSPS) is 14.4. The molecular weight excluding hydrogens is 638 g/mol. The van der Waals surface area contributed by atoms with Crippen molar-refractivity contribution in [3.63, 3.8) is 0 Å². The van der Waals surface area contributed by atoms with Gasteiger partial charge in [-0.3, -0.25) is 9.69 Å². The summed E-state index contributed by atoms with van der Waals surface area (Å²) in [5.74, 6) is 0.672. The van der Waals surface area contributed by atoms with Gasteiger partial charge in [0, 0.05) is 5.02 Å². The molecule has 1 fully saturated rings. The van der Waals surface area contributed by atoms with Crippen molar-refractivity contribution in [3.8, 4) is 11.5 Å². The topological polar surface area (TPSA) is 67.9 Å². The highest BCUT2D eigenvalue weighted by molar-refractivity contribution is 14.1. The summed E-state index contributed by atoms with van der Waals surface area (Å²) in [6, 6.07) is 15.4. The lowest BCUT2D eigenvalue weighted by Gasteiger charge is -2.15. The van der Waals surface area contributed by atoms with Gasteiger partial charge in [0.05, 0.1) is 26.8 Å². The fraction of sp³-hybridized carbons (Fsp3) is 0.154. The van der Waals surface area contributed by atoms with Crippen LogP contribution in [0.25, 0.3) is 6.08 Å². The Kier molecular flexibility index (Phi) is 8.66. The Morgan fingerprint density at radius 3 is 2.36 bits per heavy atom. The van der Waals surface area contributed by atoms with E-state index in [1.165, 1.54) is 0 Å². The Balaban J connectivity index is 1.54. The zero-order valence-electron chi connectivity index (χ0n) is 19.0. The highest BCUT2D eigenvalue weighted by Gasteiger charge is 2.33. The van der Waals surface area contributed by atoms with Crippen molar-refractivity contribution in [1.29, 1.82) is 0 Å². The van der Waals surface area contributed by atoms with Crippen LogP contribution in [0.5, 0.6) is 11.5 Å². The number of ether oxygens (including phenoxy) is 2. The second-order valence-corrected chi connectivity index (χ2v) is 10.2. The minimum Gasteiger partial charge on any atom is -0.490 e. The molecule has 6 nitrogen and oxygen atoms in total. The highest BCUT2D eigenvalue weighted by atomic mass is 127. The number of carbonyl (C=O) groups excluding carboxylic acids is 2. The van der Waals surface area contributed by atoms with Gasteiger partial charge in [0.2, 0.25) is 0 Å². The van der Waals surface area contributed by atoms with E-state index in [1.54, 1.807) is 48.5 Å². The second kappa shape index (κ2) is 11.7. The van der Waals surface area contributed by atoms with E-state index in [0.717, 1.165) is 19.6 Å². The predicted octanol–water partition coefficient (Wildman–Crippen LogP) is 7.32. The molecule has 0 radical (unpaired) electrons. The number of amides is 3. The number of urea groups is 1. The molecule has 1 aliphatic rings. The lowest BCUT2D eigenvalue weighted by atomic mass is 10.1. The molecule has 3 amide bonds. The Hall–Kier alpha value is -2.46. The second-order valence-electron chi connectivity index (χ2n) is 7.81. The average Bonchev–Trinajstić information content (AvgIpc) is 3.09. The number of nitrogens with zero attached hydrogens (tertiary/aromatic N) is 1. The molecule has 0 atom stereocenters. The van der Waals surface area contributed by atoms with Gasteiger partial charge in [-0.1, -0.05) is 53.0 Å². The first-order valence-electron chi connectivity index (χ1n) is 10.9. The molecule has 1 saturated heterocycles. The maximum Gasteiger partial charge on any atom is 0.329 e. The molecule has 0 spiro atoms. The van der Waals surface area contributed by atoms with Gasteiger partial charge in [0.15, 0.2) is 11.5 Å². The van der Waals surface area contributed by atoms with Crippen molar-refractivity contribution in [1.82, 2.24) is 10.2 Å². The quantitative estimate of drug-likeness (QED) is 0.157. The van der Waals surface area contributed by atoms with Crippen LogP contribution in [0.3, 0.4) is 0 Å². The van der Waals surface area contributed by atoms with E-state index in [4.69, 9.17) is 44.3 Å². The van der Waals surface area contributed by atoms with Crippen LogP contribution in [0.15, 0.2) is 60.3 Å². The lowest BCUT2D eigenvalue weighted by Crippen LogP contribution is -2.30. The summed E-state index contributed by atoms with van der Waals surface area (Å²) in [7, 11) is 0. The summed E-state index contributed by atoms with van der Waals surface area (Å²) >= 11 is 20.2. The summed E-state index contributed by atoms with van der Waals surface area (Å²) in [5, 5.41) is 4.16. The zero-order valence-corrected chi connectivity index (χ0v) is 23.4. The molecule has 186 valence electrons. The van der Waals surface area contributed by atoms with E-state index in [-0.39, 0.29) is 18.8 Å². The molecule has 4 rings (SSSR count). The van der Waals surface area contributed by atoms with Crippen LogP contribution in [-0.4, -0.2) is 23.4 Å². The highest BCUT2D eigenvalue weighted by Crippen LogP contribution is 2.36. The van der Waals surface area contributed by atoms with Crippen LogP contribution in [0, 0.1) is 3.57 Å². The molecule has 1 heterocycles. The molecule has 0 unspecified atom stereocenters. The van der Waals surface area contributed by atoms with Crippen LogP contribution >= 0.6 is 57.4 Å². The number of rotatable bonds is 8. The first kappa shape index (κ1) is 26.6. The molecule has 3 aromatic carbocycles. The van der Waals surface area contributed by atoms with Crippen LogP contribution < -0.4 is 14.8 Å². The van der Waals surface area contributed by atoms with Crippen LogP contribution in [-0.2, 0) is 17.9 Å². The van der Waals surface area contributed by atoms with Gasteiger partial charge in [-0.2, -0.15) is 0 Å². The van der Waals surface area contributed by atoms with Crippen molar-refractivity contribution in [2.75, 3.05) is 6.61 Å². The number of carbonyl (C=O) groups is 2. The van der Waals surface area contributed by atoms with Crippen LogP contribution in [0.2, 0.25) is 15.1 Å². The van der Waals surface area contributed by atoms with Gasteiger partial charge < -0.3 is 14.8 Å². The minimum absolute atomic E-state index is 0.141. The number of imide groups is 1. The molecule has 1 N–H and O–H groups in total. The summed E-state index contributed by atoms with van der Waals surface area (Å²) in [6.45, 7) is 2.70. The molecule has 0 aliphatic carbocycles. The number of benzene rings is 3. The van der Waals surface area contributed by atoms with Gasteiger partial charge >= 0.3 is 6.03 Å². The van der Waals surface area contributed by atoms with Crippen molar-refractivity contribution in [3.05, 3.63) is 95.6 Å². The van der Waals surface area contributed by atoms with E-state index < -0.39 is 11.9 Å². The Morgan fingerprint density at radius 2 is 1.67 bits per heavy atom. The number of halogens is 4. The van der Waals surface area contributed by atoms with Gasteiger partial charge in [-0.25, -0.2) is 4.79 Å². The number of nitrogens with one attached hydrogen (secondary N) is 1. The Bertz CT molecular complexity index is 1350. The van der Waals surface area contributed by atoms with E-state index in [0.29, 0.717) is 38.7 Å². The first-order chi connectivity index (χ1) is 17.2. The first-order valence-corrected chi connectivity index (χ1v) is 13.1. The average molecular weight is 658 g/mol. The van der Waals surface area contributed by atoms with Crippen LogP contribution in [0.4, 0.5) is 4.79 Å². The van der Waals surface area contributed by atoms with Crippen molar-refractivity contribution < 1.29 is 19.1 Å². The van der Waals surface area contributed by atoms with Gasteiger partial charge in [-0.15, -0.1) is 0 Å². The molecular formula is C26H20Cl3IN2O4. The molecule has 0 saturated carbocycles. The fourth-order valence-electron chi connectivity index (χ4n) is 3.51. The zero-order chi connectivity index (χ0) is 25.8. The number of hydrogen-bond acceptors (Lipinski definition) is 4. The van der Waals surface area contributed by atoms with E-state index >= 15 is 0 Å². The van der Waals surface area contributed by atoms with Gasteiger partial charge in [0.25, 0.3) is 5.91 Å². The Labute approximate surface area is 237 Å². The minimum atomic E-state index is -0.484. The molecule has 3 aromatic rings. The standard InChI is InChI=1S/C26H20Cl3IN2O4/c1-2-35-23-12-17(10-21(30)24(23)36-14-16-5-8-19(28)20(29)9-16)11-22-25(33)32(26(34)31-22)13-15-3-6-18(27)7-4-15/h3-12H,2,13-14H2,1H3,(H,31,34)/b22-11-. The maximum atomic E-state index is 12.9. The molecule has 0 aromatic heterocycles. The fourth-order valence-corrected chi connectivity index (χ4v) is 4.74. The Morgan fingerprint density at radius 1 is 0.944 bits per heavy atom. The SMILES string of the molecule is CCOc1cc(/C=C2\NC(=O)N(Cc3ccc(Cl)cc3)C2=O)cc(I)c1OCc1ccc(Cl)c(Cl)c1. The van der Waals surface area contributed by atoms with Crippen molar-refractivity contribution >= 4 is 75.4 Å².